The van der Waals surface area contributed by atoms with Crippen molar-refractivity contribution >= 4 is 53.3 Å². The van der Waals surface area contributed by atoms with Crippen LogP contribution in [0.2, 0.25) is 0 Å². The molecule has 0 unspecified atom stereocenters. The van der Waals surface area contributed by atoms with Gasteiger partial charge in [-0.3, -0.25) is 9.55 Å². The summed E-state index contributed by atoms with van der Waals surface area (Å²) in [5.74, 6) is 0.455. The van der Waals surface area contributed by atoms with E-state index in [9.17, 15) is 5.11 Å². The average Bonchev–Trinajstić information content (AvgIpc) is 3.77. The van der Waals surface area contributed by atoms with E-state index in [2.05, 4.69) is 103 Å². The van der Waals surface area contributed by atoms with Gasteiger partial charge in [-0.05, 0) is 82.7 Å². The van der Waals surface area contributed by atoms with E-state index < -0.39 is 0 Å². The number of hydrogen-bond donors (Lipinski definition) is 1. The van der Waals surface area contributed by atoms with Crippen molar-refractivity contribution in [3.8, 4) is 56.7 Å². The van der Waals surface area contributed by atoms with Gasteiger partial charge in [0.25, 0.3) is 0 Å². The van der Waals surface area contributed by atoms with Crippen molar-refractivity contribution in [3.05, 3.63) is 170 Å². The number of benzene rings is 7. The Bertz CT molecular complexity index is 2950. The van der Waals surface area contributed by atoms with E-state index in [0.29, 0.717) is 11.8 Å². The number of nitrogens with zero attached hydrogens (tertiary/aromatic N) is 3. The van der Waals surface area contributed by atoms with Crippen LogP contribution in [0.15, 0.2) is 170 Å². The lowest BCUT2D eigenvalue weighted by molar-refractivity contribution is 0.394. The Morgan fingerprint density at radius 3 is 2.17 bits per heavy atom. The van der Waals surface area contributed by atoms with Crippen molar-refractivity contribution in [1.29, 1.82) is 0 Å². The fraction of sp³-hybridized carbons (Fsp3) is 0. The first kappa shape index (κ1) is 30.1. The summed E-state index contributed by atoms with van der Waals surface area (Å²) in [4.78, 5) is 10.1. The lowest BCUT2D eigenvalue weighted by Gasteiger charge is -2.13. The summed E-state index contributed by atoms with van der Waals surface area (Å²) >= 11 is 1.60. The minimum Gasteiger partial charge on any atom is -0.504 e. The van der Waals surface area contributed by atoms with E-state index in [-0.39, 0.29) is 5.75 Å². The maximum Gasteiger partial charge on any atom is 0.307 e. The molecule has 0 amide bonds. The molecule has 0 aliphatic heterocycles. The summed E-state index contributed by atoms with van der Waals surface area (Å²) in [5.41, 5.74) is 8.68. The van der Waals surface area contributed by atoms with Gasteiger partial charge in [-0.15, -0.1) is 11.3 Å². The van der Waals surface area contributed by atoms with Crippen molar-refractivity contribution in [2.24, 2.45) is 0 Å². The smallest absolute Gasteiger partial charge is 0.307 e. The fourth-order valence-corrected chi connectivity index (χ4v) is 8.40. The van der Waals surface area contributed by atoms with E-state index in [0.717, 1.165) is 81.2 Å². The molecule has 52 heavy (non-hydrogen) atoms. The van der Waals surface area contributed by atoms with Crippen LogP contribution >= 0.6 is 11.3 Å². The number of phenolic OH excluding ortho intramolecular Hbond substituents is 1. The number of imidazole rings is 1. The third-order valence-electron chi connectivity index (χ3n) is 9.64. The second kappa shape index (κ2) is 12.2. The molecule has 0 spiro atoms. The zero-order chi connectivity index (χ0) is 34.6. The summed E-state index contributed by atoms with van der Waals surface area (Å²) < 4.78 is 10.8. The molecule has 3 aromatic heterocycles. The van der Waals surface area contributed by atoms with Crippen LogP contribution in [0.25, 0.3) is 81.2 Å². The molecule has 6 heteroatoms. The van der Waals surface area contributed by atoms with Crippen molar-refractivity contribution in [1.82, 2.24) is 14.5 Å². The number of ether oxygens (including phenoxy) is 1. The summed E-state index contributed by atoms with van der Waals surface area (Å²) in [5, 5.41) is 15.6. The number of aromatic hydroxyl groups is 1. The van der Waals surface area contributed by atoms with Gasteiger partial charge >= 0.3 is 6.01 Å². The monoisotopic (exact) mass is 687 g/mol. The van der Waals surface area contributed by atoms with Crippen LogP contribution in [0.5, 0.6) is 17.5 Å². The molecule has 1 N–H and O–H groups in total. The Balaban J connectivity index is 1.21. The molecule has 0 radical (unpaired) electrons. The van der Waals surface area contributed by atoms with Gasteiger partial charge < -0.3 is 9.84 Å². The number of rotatable bonds is 6. The average molecular weight is 688 g/mol. The predicted octanol–water partition coefficient (Wildman–Crippen LogP) is 12.4. The SMILES string of the molecule is Oc1ccc2c(sc3ccccc32)c1Oc1nc2c(-c3cc(-c4ccccc4)cc(-c4nccc5ccccc45)c3)cccc2n1-c1ccccc1. The quantitative estimate of drug-likeness (QED) is 0.189. The molecular formula is C46H29N3O2S. The third-order valence-corrected chi connectivity index (χ3v) is 10.8. The number of thiophene rings is 1. The van der Waals surface area contributed by atoms with Crippen molar-refractivity contribution in [3.63, 3.8) is 0 Å². The van der Waals surface area contributed by atoms with Crippen LogP contribution in [-0.2, 0) is 0 Å². The first-order valence-corrected chi connectivity index (χ1v) is 17.9. The van der Waals surface area contributed by atoms with Crippen molar-refractivity contribution < 1.29 is 9.84 Å². The van der Waals surface area contributed by atoms with Gasteiger partial charge in [0.15, 0.2) is 11.5 Å². The van der Waals surface area contributed by atoms with Gasteiger partial charge in [0.2, 0.25) is 0 Å². The molecule has 0 fully saturated rings. The lowest BCUT2D eigenvalue weighted by atomic mass is 9.93. The second-order valence-electron chi connectivity index (χ2n) is 12.8. The van der Waals surface area contributed by atoms with Gasteiger partial charge in [-0.2, -0.15) is 4.98 Å². The standard InChI is InChI=1S/C46H29N3O2S/c50-40-23-22-38-37-18-9-10-21-41(37)52-45(38)44(40)51-46-48-43-36(19-11-20-39(43)49(46)34-15-5-2-6-16-34)32-26-31(29-12-3-1-4-13-29)27-33(28-32)42-35-17-8-7-14-30(35)24-25-47-42/h1-28,50H. The number of hydrogen-bond acceptors (Lipinski definition) is 5. The zero-order valence-corrected chi connectivity index (χ0v) is 28.6. The van der Waals surface area contributed by atoms with Gasteiger partial charge in [0.1, 0.15) is 5.52 Å². The first-order chi connectivity index (χ1) is 25.7. The first-order valence-electron chi connectivity index (χ1n) is 17.1. The molecule has 10 aromatic rings. The predicted molar refractivity (Wildman–Crippen MR) is 214 cm³/mol. The largest absolute Gasteiger partial charge is 0.504 e. The molecular weight excluding hydrogens is 659 g/mol. The van der Waals surface area contributed by atoms with Crippen LogP contribution in [0.4, 0.5) is 0 Å². The van der Waals surface area contributed by atoms with Gasteiger partial charge in [0.05, 0.1) is 21.6 Å². The maximum atomic E-state index is 11.3. The maximum absolute atomic E-state index is 11.3. The molecule has 5 nitrogen and oxygen atoms in total. The van der Waals surface area contributed by atoms with E-state index >= 15 is 0 Å². The van der Waals surface area contributed by atoms with Gasteiger partial charge in [-0.25, -0.2) is 0 Å². The normalized spacial score (nSPS) is 11.5. The topological polar surface area (TPSA) is 60.2 Å². The number of aromatic nitrogens is 3. The Morgan fingerprint density at radius 1 is 0.577 bits per heavy atom. The molecule has 0 saturated carbocycles. The number of fused-ring (bicyclic) bond motifs is 5. The van der Waals surface area contributed by atoms with Crippen LogP contribution in [0.1, 0.15) is 0 Å². The Hall–Kier alpha value is -6.76. The molecule has 0 bridgehead atoms. The number of pyridine rings is 1. The summed E-state index contributed by atoms with van der Waals surface area (Å²) in [7, 11) is 0. The molecule has 7 aromatic carbocycles. The molecule has 0 saturated heterocycles. The van der Waals surface area contributed by atoms with E-state index in [1.807, 2.05) is 65.4 Å². The molecule has 3 heterocycles. The molecule has 0 aliphatic carbocycles. The highest BCUT2D eigenvalue weighted by Gasteiger charge is 2.22. The molecule has 10 rings (SSSR count). The fourth-order valence-electron chi connectivity index (χ4n) is 7.22. The minimum atomic E-state index is 0.0636. The zero-order valence-electron chi connectivity index (χ0n) is 27.8. The second-order valence-corrected chi connectivity index (χ2v) is 13.8. The molecule has 246 valence electrons. The van der Waals surface area contributed by atoms with Gasteiger partial charge in [0, 0.05) is 38.2 Å². The van der Waals surface area contributed by atoms with Crippen LogP contribution in [0, 0.1) is 0 Å². The third kappa shape index (κ3) is 5.00. The highest BCUT2D eigenvalue weighted by Crippen LogP contribution is 2.46. The molecule has 0 atom stereocenters. The number of phenols is 1. The van der Waals surface area contributed by atoms with Crippen LogP contribution in [-0.4, -0.2) is 19.6 Å². The van der Waals surface area contributed by atoms with E-state index in [4.69, 9.17) is 14.7 Å². The highest BCUT2D eigenvalue weighted by molar-refractivity contribution is 7.26. The minimum absolute atomic E-state index is 0.0636. The van der Waals surface area contributed by atoms with E-state index in [1.54, 1.807) is 17.4 Å². The molecule has 0 aliphatic rings. The Kier molecular flexibility index (Phi) is 7.08. The van der Waals surface area contributed by atoms with Gasteiger partial charge in [-0.1, -0.05) is 103 Å². The van der Waals surface area contributed by atoms with Crippen LogP contribution in [0.3, 0.4) is 0 Å². The number of para-hydroxylation sites is 2. The van der Waals surface area contributed by atoms with Crippen LogP contribution < -0.4 is 4.74 Å². The Labute approximate surface area is 303 Å². The summed E-state index contributed by atoms with van der Waals surface area (Å²) in [6, 6.07) is 56.2. The Morgan fingerprint density at radius 2 is 1.31 bits per heavy atom. The van der Waals surface area contributed by atoms with E-state index in [1.165, 1.54) is 0 Å². The highest BCUT2D eigenvalue weighted by atomic mass is 32.1. The summed E-state index contributed by atoms with van der Waals surface area (Å²) in [6.07, 6.45) is 1.88. The summed E-state index contributed by atoms with van der Waals surface area (Å²) in [6.45, 7) is 0. The lowest BCUT2D eigenvalue weighted by Crippen LogP contribution is -1.98. The van der Waals surface area contributed by atoms with Crippen molar-refractivity contribution in [2.45, 2.75) is 0 Å². The van der Waals surface area contributed by atoms with Crippen molar-refractivity contribution in [2.75, 3.05) is 0 Å².